The van der Waals surface area contributed by atoms with E-state index in [2.05, 4.69) is 74.4 Å². The maximum Gasteiger partial charge on any atom is 0.219 e. The highest BCUT2D eigenvalue weighted by Crippen LogP contribution is 2.20. The minimum Gasteiger partial charge on any atom is -0.506 e. The summed E-state index contributed by atoms with van der Waals surface area (Å²) in [5, 5.41) is 8.72. The molecule has 4 rings (SSSR count). The number of aromatic nitrogens is 4. The number of rotatable bonds is 2. The minimum absolute atomic E-state index is 0. The number of halogens is 3. The van der Waals surface area contributed by atoms with E-state index < -0.39 is 0 Å². The van der Waals surface area contributed by atoms with Crippen molar-refractivity contribution in [1.29, 1.82) is 0 Å². The second kappa shape index (κ2) is 14.8. The van der Waals surface area contributed by atoms with Crippen molar-refractivity contribution >= 4 is 54.5 Å². The molecule has 156 valence electrons. The van der Waals surface area contributed by atoms with E-state index in [9.17, 15) is 0 Å². The first-order valence-electron chi connectivity index (χ1n) is 8.08. The van der Waals surface area contributed by atoms with Crippen molar-refractivity contribution in [3.8, 4) is 17.4 Å². The number of pyridine rings is 4. The van der Waals surface area contributed by atoms with Crippen LogP contribution in [0.4, 0.5) is 0 Å². The van der Waals surface area contributed by atoms with Crippen LogP contribution >= 0.6 is 54.5 Å². The molecular weight excluding hydrogens is 627 g/mol. The largest absolute Gasteiger partial charge is 0.506 e. The Bertz CT molecular complexity index is 979. The average molecular weight is 646 g/mol. The predicted octanol–water partition coefficient (Wildman–Crippen LogP) is 6.90. The summed E-state index contributed by atoms with van der Waals surface area (Å²) in [6.07, 6.45) is 9.79. The lowest BCUT2D eigenvalue weighted by Gasteiger charge is -2.02. The fraction of sp³-hybridized carbons (Fsp3) is 0.0476. The summed E-state index contributed by atoms with van der Waals surface area (Å²) in [6.45, 7) is 0. The summed E-state index contributed by atoms with van der Waals surface area (Å²) in [4.78, 5) is 15.7. The van der Waals surface area contributed by atoms with Gasteiger partial charge in [-0.1, -0.05) is 19.6 Å². The zero-order chi connectivity index (χ0) is 20.9. The molecule has 0 aliphatic carbocycles. The Labute approximate surface area is 206 Å². The predicted molar refractivity (Wildman–Crippen MR) is 134 cm³/mol. The van der Waals surface area contributed by atoms with Crippen molar-refractivity contribution in [3.63, 3.8) is 0 Å². The minimum atomic E-state index is 0. The maximum atomic E-state index is 8.72. The smallest absolute Gasteiger partial charge is 0.219 e. The molecule has 0 fully saturated rings. The van der Waals surface area contributed by atoms with Crippen LogP contribution in [0.3, 0.4) is 0 Å². The zero-order valence-electron chi connectivity index (χ0n) is 14.9. The summed E-state index contributed by atoms with van der Waals surface area (Å²) in [6, 6.07) is 14.7. The van der Waals surface area contributed by atoms with Gasteiger partial charge in [-0.25, -0.2) is 4.98 Å². The molecule has 6 nitrogen and oxygen atoms in total. The van der Waals surface area contributed by atoms with Gasteiger partial charge in [-0.3, -0.25) is 15.0 Å². The third-order valence-corrected chi connectivity index (χ3v) is 4.36. The van der Waals surface area contributed by atoms with Crippen molar-refractivity contribution in [1.82, 2.24) is 19.9 Å². The van der Waals surface area contributed by atoms with E-state index in [0.717, 1.165) is 12.6 Å². The molecule has 0 aliphatic heterocycles. The molecule has 1 N–H and O–H groups in total. The van der Waals surface area contributed by atoms with Crippen LogP contribution in [0.5, 0.6) is 17.4 Å². The van der Waals surface area contributed by atoms with E-state index in [4.69, 9.17) is 9.84 Å². The Balaban J connectivity index is 0.000000241. The molecule has 0 unspecified atom stereocenters. The molecule has 4 heterocycles. The highest BCUT2D eigenvalue weighted by atomic mass is 127. The second-order valence-electron chi connectivity index (χ2n) is 5.12. The van der Waals surface area contributed by atoms with E-state index in [1.54, 1.807) is 43.1 Å². The van der Waals surface area contributed by atoms with Gasteiger partial charge in [-0.15, -0.1) is 0 Å². The van der Waals surface area contributed by atoms with Crippen molar-refractivity contribution in [2.75, 3.05) is 0 Å². The van der Waals surface area contributed by atoms with Gasteiger partial charge in [-0.05, 0) is 84.8 Å². The second-order valence-corrected chi connectivity index (χ2v) is 8.06. The fourth-order valence-corrected chi connectivity index (χ4v) is 2.78. The van der Waals surface area contributed by atoms with Crippen LogP contribution in [0.15, 0.2) is 94.7 Å². The first kappa shape index (κ1) is 25.9. The van der Waals surface area contributed by atoms with Gasteiger partial charge in [0.05, 0.1) is 12.4 Å². The average Bonchev–Trinajstić information content (AvgIpc) is 2.70. The molecule has 0 aromatic carbocycles. The lowest BCUT2D eigenvalue weighted by Crippen LogP contribution is -1.87. The molecule has 9 heteroatoms. The molecule has 0 atom stereocenters. The Morgan fingerprint density at radius 2 is 1.43 bits per heavy atom. The highest BCUT2D eigenvalue weighted by Gasteiger charge is 1.97. The first-order chi connectivity index (χ1) is 14.0. The third kappa shape index (κ3) is 11.2. The number of nitrogens with zero attached hydrogens (tertiary/aromatic N) is 4. The Morgan fingerprint density at radius 3 is 1.87 bits per heavy atom. The zero-order valence-corrected chi connectivity index (χ0v) is 20.2. The van der Waals surface area contributed by atoms with Crippen LogP contribution in [0, 0.1) is 3.70 Å². The van der Waals surface area contributed by atoms with Crippen molar-refractivity contribution < 1.29 is 9.84 Å². The van der Waals surface area contributed by atoms with E-state index in [1.807, 2.05) is 36.4 Å². The SMILES string of the molecule is Brc1cncc(Oc2ccccn2)c1.C.Ic1ccccn1.Oc1cncc(Br)c1. The van der Waals surface area contributed by atoms with Gasteiger partial charge in [0.1, 0.15) is 15.2 Å². The third-order valence-electron chi connectivity index (χ3n) is 2.86. The summed E-state index contributed by atoms with van der Waals surface area (Å²) in [5.74, 6) is 1.41. The summed E-state index contributed by atoms with van der Waals surface area (Å²) in [7, 11) is 0. The standard InChI is InChI=1S/C10H7BrN2O.C5H4BrNO.C5H4IN.CH4/c11-8-5-9(7-12-6-8)14-10-3-1-2-4-13-10;6-4-1-5(8)3-7-2-4;6-5-3-1-2-4-7-5;/h1-7H;1-3,8H;1-4H;1H4. The Hall–Kier alpha value is -2.11. The summed E-state index contributed by atoms with van der Waals surface area (Å²) in [5.41, 5.74) is 0. The van der Waals surface area contributed by atoms with Crippen molar-refractivity contribution in [3.05, 3.63) is 98.4 Å². The number of ether oxygens (including phenoxy) is 1. The van der Waals surface area contributed by atoms with E-state index in [0.29, 0.717) is 11.6 Å². The number of hydrogen-bond acceptors (Lipinski definition) is 6. The molecular formula is C21H19Br2IN4O2. The number of hydrogen-bond donors (Lipinski definition) is 1. The lowest BCUT2D eigenvalue weighted by molar-refractivity contribution is 0.460. The van der Waals surface area contributed by atoms with E-state index in [1.165, 1.54) is 6.20 Å². The van der Waals surface area contributed by atoms with Gasteiger partial charge < -0.3 is 9.84 Å². The van der Waals surface area contributed by atoms with Crippen LogP contribution in [0.1, 0.15) is 7.43 Å². The molecule has 30 heavy (non-hydrogen) atoms. The van der Waals surface area contributed by atoms with Crippen molar-refractivity contribution in [2.24, 2.45) is 0 Å². The van der Waals surface area contributed by atoms with Crippen LogP contribution in [0.25, 0.3) is 0 Å². The molecule has 0 spiro atoms. The van der Waals surface area contributed by atoms with Gasteiger partial charge >= 0.3 is 0 Å². The van der Waals surface area contributed by atoms with Crippen LogP contribution in [-0.4, -0.2) is 25.0 Å². The van der Waals surface area contributed by atoms with Gasteiger partial charge in [0, 0.05) is 39.8 Å². The normalized spacial score (nSPS) is 9.03. The van der Waals surface area contributed by atoms with E-state index >= 15 is 0 Å². The Kier molecular flexibility index (Phi) is 12.8. The first-order valence-corrected chi connectivity index (χ1v) is 10.7. The fourth-order valence-electron chi connectivity index (χ4n) is 1.72. The van der Waals surface area contributed by atoms with Gasteiger partial charge in [0.15, 0.2) is 0 Å². The highest BCUT2D eigenvalue weighted by molar-refractivity contribution is 14.1. The topological polar surface area (TPSA) is 81.0 Å². The van der Waals surface area contributed by atoms with Gasteiger partial charge in [0.25, 0.3) is 0 Å². The summed E-state index contributed by atoms with van der Waals surface area (Å²) < 4.78 is 8.17. The molecule has 0 amide bonds. The van der Waals surface area contributed by atoms with Gasteiger partial charge in [-0.2, -0.15) is 0 Å². The van der Waals surface area contributed by atoms with Crippen molar-refractivity contribution in [2.45, 2.75) is 7.43 Å². The Morgan fingerprint density at radius 1 is 0.800 bits per heavy atom. The quantitative estimate of drug-likeness (QED) is 0.189. The van der Waals surface area contributed by atoms with Crippen LogP contribution in [0.2, 0.25) is 0 Å². The summed E-state index contributed by atoms with van der Waals surface area (Å²) >= 11 is 8.62. The van der Waals surface area contributed by atoms with Crippen LogP contribution in [-0.2, 0) is 0 Å². The molecule has 0 bridgehead atoms. The lowest BCUT2D eigenvalue weighted by atomic mass is 10.4. The van der Waals surface area contributed by atoms with Gasteiger partial charge in [0.2, 0.25) is 5.88 Å². The molecule has 4 aromatic heterocycles. The van der Waals surface area contributed by atoms with Crippen LogP contribution < -0.4 is 4.74 Å². The molecule has 4 aromatic rings. The molecule has 0 radical (unpaired) electrons. The number of aromatic hydroxyl groups is 1. The monoisotopic (exact) mass is 644 g/mol. The maximum absolute atomic E-state index is 8.72. The molecule has 0 saturated heterocycles. The molecule has 0 aliphatic rings. The molecule has 0 saturated carbocycles. The van der Waals surface area contributed by atoms with E-state index in [-0.39, 0.29) is 13.2 Å².